The molecule has 1 unspecified atom stereocenters. The zero-order valence-electron chi connectivity index (χ0n) is 8.23. The highest BCUT2D eigenvalue weighted by molar-refractivity contribution is 5.93. The lowest BCUT2D eigenvalue weighted by Gasteiger charge is -2.08. The van der Waals surface area contributed by atoms with E-state index in [0.717, 1.165) is 6.42 Å². The molecule has 0 aliphatic heterocycles. The van der Waals surface area contributed by atoms with Crippen LogP contribution in [-0.2, 0) is 14.3 Å². The molecule has 0 aliphatic carbocycles. The number of ether oxygens (including phenoxy) is 1. The minimum Gasteiger partial charge on any atom is -0.481 e. The van der Waals surface area contributed by atoms with Crippen LogP contribution >= 0.6 is 0 Å². The quantitative estimate of drug-likeness (QED) is 0.356. The highest BCUT2D eigenvalue weighted by atomic mass is 16.5. The molecular weight excluding hydrogens is 188 g/mol. The van der Waals surface area contributed by atoms with Crippen LogP contribution in [0.1, 0.15) is 25.7 Å². The minimum absolute atomic E-state index is 0.0932. The Bertz CT molecular complexity index is 190. The Morgan fingerprint density at radius 2 is 1.93 bits per heavy atom. The third-order valence-electron chi connectivity index (χ3n) is 1.93. The molecule has 0 fully saturated rings. The summed E-state index contributed by atoms with van der Waals surface area (Å²) < 4.78 is 4.36. The number of aliphatic hydroxyl groups excluding tert-OH is 1. The molecule has 0 amide bonds. The Morgan fingerprint density at radius 3 is 2.36 bits per heavy atom. The van der Waals surface area contributed by atoms with Crippen LogP contribution in [0, 0.1) is 5.92 Å². The van der Waals surface area contributed by atoms with Crippen molar-refractivity contribution in [2.24, 2.45) is 5.92 Å². The van der Waals surface area contributed by atoms with Gasteiger partial charge in [-0.05, 0) is 12.8 Å². The van der Waals surface area contributed by atoms with Gasteiger partial charge in [-0.3, -0.25) is 9.59 Å². The summed E-state index contributed by atoms with van der Waals surface area (Å²) in [7, 11) is 1.17. The van der Waals surface area contributed by atoms with Gasteiger partial charge in [-0.2, -0.15) is 0 Å². The number of aliphatic carboxylic acids is 1. The average molecular weight is 204 g/mol. The molecular formula is C9H16O5. The van der Waals surface area contributed by atoms with E-state index < -0.39 is 17.9 Å². The van der Waals surface area contributed by atoms with Crippen molar-refractivity contribution < 1.29 is 24.5 Å². The summed E-state index contributed by atoms with van der Waals surface area (Å²) >= 11 is 0. The second-order valence-electron chi connectivity index (χ2n) is 2.99. The monoisotopic (exact) mass is 204 g/mol. The fourth-order valence-electron chi connectivity index (χ4n) is 1.12. The van der Waals surface area contributed by atoms with Crippen LogP contribution in [0.25, 0.3) is 0 Å². The molecule has 2 N–H and O–H groups in total. The van der Waals surface area contributed by atoms with E-state index in [2.05, 4.69) is 4.74 Å². The maximum Gasteiger partial charge on any atom is 0.320 e. The molecule has 0 radical (unpaired) electrons. The van der Waals surface area contributed by atoms with Gasteiger partial charge >= 0.3 is 11.9 Å². The molecule has 0 aliphatic rings. The normalized spacial score (nSPS) is 12.1. The number of esters is 1. The van der Waals surface area contributed by atoms with E-state index >= 15 is 0 Å². The molecule has 0 aromatic heterocycles. The van der Waals surface area contributed by atoms with Gasteiger partial charge in [-0.25, -0.2) is 0 Å². The van der Waals surface area contributed by atoms with Crippen LogP contribution < -0.4 is 0 Å². The largest absolute Gasteiger partial charge is 0.481 e. The summed E-state index contributed by atoms with van der Waals surface area (Å²) in [4.78, 5) is 21.6. The second kappa shape index (κ2) is 7.32. The Kier molecular flexibility index (Phi) is 6.74. The van der Waals surface area contributed by atoms with Crippen molar-refractivity contribution in [3.8, 4) is 0 Å². The van der Waals surface area contributed by atoms with Crippen LogP contribution in [0.4, 0.5) is 0 Å². The molecule has 0 aromatic rings. The van der Waals surface area contributed by atoms with E-state index in [9.17, 15) is 9.59 Å². The molecule has 82 valence electrons. The number of rotatable bonds is 7. The predicted molar refractivity (Wildman–Crippen MR) is 48.7 cm³/mol. The first-order valence-electron chi connectivity index (χ1n) is 4.55. The molecule has 1 atom stereocenters. The fraction of sp³-hybridized carbons (Fsp3) is 0.778. The van der Waals surface area contributed by atoms with Crippen LogP contribution in [0.5, 0.6) is 0 Å². The lowest BCUT2D eigenvalue weighted by atomic mass is 10.0. The van der Waals surface area contributed by atoms with Gasteiger partial charge in [0.05, 0.1) is 7.11 Å². The Morgan fingerprint density at radius 1 is 1.29 bits per heavy atom. The number of carbonyl (C=O) groups is 2. The molecule has 14 heavy (non-hydrogen) atoms. The molecule has 0 heterocycles. The number of hydrogen-bond acceptors (Lipinski definition) is 4. The zero-order valence-corrected chi connectivity index (χ0v) is 8.23. The fourth-order valence-corrected chi connectivity index (χ4v) is 1.12. The summed E-state index contributed by atoms with van der Waals surface area (Å²) in [6, 6.07) is 0. The lowest BCUT2D eigenvalue weighted by molar-refractivity contribution is -0.157. The van der Waals surface area contributed by atoms with Crippen LogP contribution in [0.3, 0.4) is 0 Å². The third-order valence-corrected chi connectivity index (χ3v) is 1.93. The first-order valence-corrected chi connectivity index (χ1v) is 4.55. The number of aliphatic hydroxyl groups is 1. The van der Waals surface area contributed by atoms with Crippen molar-refractivity contribution in [3.63, 3.8) is 0 Å². The van der Waals surface area contributed by atoms with Gasteiger partial charge in [0.15, 0.2) is 5.92 Å². The molecule has 0 saturated heterocycles. The van der Waals surface area contributed by atoms with Crippen molar-refractivity contribution in [1.82, 2.24) is 0 Å². The van der Waals surface area contributed by atoms with Gasteiger partial charge in [0.25, 0.3) is 0 Å². The molecule has 0 aromatic carbocycles. The molecule has 0 saturated carbocycles. The van der Waals surface area contributed by atoms with Crippen molar-refractivity contribution in [2.45, 2.75) is 25.7 Å². The van der Waals surface area contributed by atoms with Gasteiger partial charge in [-0.1, -0.05) is 12.8 Å². The van der Waals surface area contributed by atoms with Gasteiger partial charge in [0.1, 0.15) is 0 Å². The summed E-state index contributed by atoms with van der Waals surface area (Å²) in [6.45, 7) is 0.0932. The smallest absolute Gasteiger partial charge is 0.320 e. The van der Waals surface area contributed by atoms with E-state index in [-0.39, 0.29) is 13.0 Å². The van der Waals surface area contributed by atoms with Crippen LogP contribution in [0.2, 0.25) is 0 Å². The van der Waals surface area contributed by atoms with E-state index in [1.54, 1.807) is 0 Å². The highest BCUT2D eigenvalue weighted by Gasteiger charge is 2.26. The first-order chi connectivity index (χ1) is 6.63. The predicted octanol–water partition coefficient (Wildman–Crippen LogP) is 0.413. The van der Waals surface area contributed by atoms with Gasteiger partial charge in [-0.15, -0.1) is 0 Å². The Labute approximate surface area is 82.7 Å². The first kappa shape index (κ1) is 12.9. The van der Waals surface area contributed by atoms with Crippen molar-refractivity contribution in [2.75, 3.05) is 13.7 Å². The van der Waals surface area contributed by atoms with Crippen molar-refractivity contribution in [3.05, 3.63) is 0 Å². The maximum atomic E-state index is 11.0. The number of carboxylic acid groups (broad SMARTS) is 1. The number of carbonyl (C=O) groups excluding carboxylic acids is 1. The SMILES string of the molecule is COC(=O)C(CCCCCO)C(=O)O. The summed E-state index contributed by atoms with van der Waals surface area (Å²) in [5.41, 5.74) is 0. The van der Waals surface area contributed by atoms with Crippen LogP contribution in [0.15, 0.2) is 0 Å². The Hall–Kier alpha value is -1.10. The van der Waals surface area contributed by atoms with Crippen molar-refractivity contribution in [1.29, 1.82) is 0 Å². The van der Waals surface area contributed by atoms with Gasteiger partial charge in [0.2, 0.25) is 0 Å². The number of carboxylic acids is 1. The maximum absolute atomic E-state index is 11.0. The molecule has 0 bridgehead atoms. The summed E-state index contributed by atoms with van der Waals surface area (Å²) in [5.74, 6) is -2.93. The zero-order chi connectivity index (χ0) is 11.0. The van der Waals surface area contributed by atoms with E-state index in [0.29, 0.717) is 12.8 Å². The van der Waals surface area contributed by atoms with E-state index in [1.807, 2.05) is 0 Å². The van der Waals surface area contributed by atoms with E-state index in [1.165, 1.54) is 7.11 Å². The average Bonchev–Trinajstić information content (AvgIpc) is 2.16. The van der Waals surface area contributed by atoms with Crippen LogP contribution in [-0.4, -0.2) is 35.9 Å². The third kappa shape index (κ3) is 4.81. The molecule has 5 nitrogen and oxygen atoms in total. The van der Waals surface area contributed by atoms with Gasteiger partial charge in [0, 0.05) is 6.61 Å². The second-order valence-corrected chi connectivity index (χ2v) is 2.99. The van der Waals surface area contributed by atoms with E-state index in [4.69, 9.17) is 10.2 Å². The number of unbranched alkanes of at least 4 members (excludes halogenated alkanes) is 2. The summed E-state index contributed by atoms with van der Waals surface area (Å²) in [5, 5.41) is 17.2. The number of hydrogen-bond donors (Lipinski definition) is 2. The minimum atomic E-state index is -1.15. The Balaban J connectivity index is 3.86. The van der Waals surface area contributed by atoms with Crippen molar-refractivity contribution >= 4 is 11.9 Å². The topological polar surface area (TPSA) is 83.8 Å². The highest BCUT2D eigenvalue weighted by Crippen LogP contribution is 2.11. The standard InChI is InChI=1S/C9H16O5/c1-14-9(13)7(8(11)12)5-3-2-4-6-10/h7,10H,2-6H2,1H3,(H,11,12). The lowest BCUT2D eigenvalue weighted by Crippen LogP contribution is -2.24. The summed E-state index contributed by atoms with van der Waals surface area (Å²) in [6.07, 6.45) is 2.22. The molecule has 0 spiro atoms. The molecule has 5 heteroatoms. The number of methoxy groups -OCH3 is 1. The van der Waals surface area contributed by atoms with Gasteiger partial charge < -0.3 is 14.9 Å². The molecule has 0 rings (SSSR count).